The molecule has 2 saturated heterocycles. The molecule has 10 heteroatoms. The number of amides is 1. The zero-order valence-electron chi connectivity index (χ0n) is 24.2. The predicted molar refractivity (Wildman–Crippen MR) is 160 cm³/mol. The molecular formula is C33H37F3N4O3. The summed E-state index contributed by atoms with van der Waals surface area (Å²) in [6, 6.07) is 15.8. The van der Waals surface area contributed by atoms with Crippen molar-refractivity contribution in [2.45, 2.75) is 57.7 Å². The fourth-order valence-electron chi connectivity index (χ4n) is 6.01. The number of benzene rings is 2. The molecule has 0 saturated carbocycles. The molecule has 2 aliphatic rings. The summed E-state index contributed by atoms with van der Waals surface area (Å²) in [5.41, 5.74) is 4.53. The van der Waals surface area contributed by atoms with Crippen LogP contribution >= 0.6 is 0 Å². The second kappa shape index (κ2) is 13.1. The second-order valence-corrected chi connectivity index (χ2v) is 11.5. The van der Waals surface area contributed by atoms with E-state index in [1.165, 1.54) is 12.8 Å². The van der Waals surface area contributed by atoms with Crippen LogP contribution in [0, 0.1) is 12.8 Å². The highest BCUT2D eigenvalue weighted by Crippen LogP contribution is 2.34. The van der Waals surface area contributed by atoms with Crippen molar-refractivity contribution in [1.29, 1.82) is 0 Å². The Morgan fingerprint density at radius 3 is 2.35 bits per heavy atom. The van der Waals surface area contributed by atoms with Crippen LogP contribution in [0.5, 0.6) is 0 Å². The van der Waals surface area contributed by atoms with E-state index in [-0.39, 0.29) is 18.9 Å². The van der Waals surface area contributed by atoms with Crippen molar-refractivity contribution in [2.24, 2.45) is 5.92 Å². The first-order valence-electron chi connectivity index (χ1n) is 14.8. The molecule has 5 rings (SSSR count). The van der Waals surface area contributed by atoms with Gasteiger partial charge in [0.25, 0.3) is 5.91 Å². The van der Waals surface area contributed by atoms with Crippen LogP contribution in [0.15, 0.2) is 60.8 Å². The van der Waals surface area contributed by atoms with Crippen molar-refractivity contribution >= 4 is 23.4 Å². The summed E-state index contributed by atoms with van der Waals surface area (Å²) in [5.74, 6) is -0.773. The van der Waals surface area contributed by atoms with Gasteiger partial charge < -0.3 is 20.2 Å². The normalized spacial score (nSPS) is 18.0. The Morgan fingerprint density at radius 1 is 1.00 bits per heavy atom. The van der Waals surface area contributed by atoms with Crippen LogP contribution in [-0.2, 0) is 4.79 Å². The number of rotatable bonds is 9. The molecule has 2 aromatic carbocycles. The van der Waals surface area contributed by atoms with Crippen LogP contribution in [0.3, 0.4) is 0 Å². The summed E-state index contributed by atoms with van der Waals surface area (Å²) in [6.45, 7) is 4.59. The molecule has 0 spiro atoms. The molecule has 43 heavy (non-hydrogen) atoms. The van der Waals surface area contributed by atoms with E-state index < -0.39 is 30.5 Å². The molecule has 1 amide bonds. The van der Waals surface area contributed by atoms with Crippen LogP contribution in [0.4, 0.5) is 24.7 Å². The number of aryl methyl sites for hydroxylation is 1. The van der Waals surface area contributed by atoms with Gasteiger partial charge in [-0.3, -0.25) is 9.59 Å². The van der Waals surface area contributed by atoms with Gasteiger partial charge in [-0.25, -0.2) is 4.98 Å². The summed E-state index contributed by atoms with van der Waals surface area (Å²) in [5, 5.41) is 12.6. The maximum Gasteiger partial charge on any atom is 0.389 e. The number of alkyl halides is 3. The first-order valence-corrected chi connectivity index (χ1v) is 14.8. The summed E-state index contributed by atoms with van der Waals surface area (Å²) < 4.78 is 39.8. The average molecular weight is 595 g/mol. The lowest BCUT2D eigenvalue weighted by Gasteiger charge is -2.30. The zero-order chi connectivity index (χ0) is 30.6. The monoisotopic (exact) mass is 594 g/mol. The SMILES string of the molecule is Cc1cc(-c2ccc(N3CCCC3)nc2)ccc1C(CCC(F)(F)F)Nc1ccc(C(=O)N2CCC[C@@H](C(=O)O)C2)cc1. The van der Waals surface area contributed by atoms with Crippen molar-refractivity contribution in [3.8, 4) is 11.1 Å². The minimum atomic E-state index is -4.30. The lowest BCUT2D eigenvalue weighted by Crippen LogP contribution is -2.42. The summed E-state index contributed by atoms with van der Waals surface area (Å²) in [4.78, 5) is 32.8. The quantitative estimate of drug-likeness (QED) is 0.275. The smallest absolute Gasteiger partial charge is 0.389 e. The van der Waals surface area contributed by atoms with Crippen LogP contribution in [-0.4, -0.2) is 59.2 Å². The Kier molecular flexibility index (Phi) is 9.22. The Hall–Kier alpha value is -4.08. The third-order valence-electron chi connectivity index (χ3n) is 8.40. The van der Waals surface area contributed by atoms with Crippen LogP contribution in [0.2, 0.25) is 0 Å². The molecule has 0 bridgehead atoms. The number of aliphatic carboxylic acids is 1. The molecular weight excluding hydrogens is 557 g/mol. The molecule has 3 aromatic rings. The number of hydrogen-bond donors (Lipinski definition) is 2. The highest BCUT2D eigenvalue weighted by Gasteiger charge is 2.30. The number of nitrogens with one attached hydrogen (secondary N) is 1. The van der Waals surface area contributed by atoms with Gasteiger partial charge in [-0.05, 0) is 92.1 Å². The molecule has 3 heterocycles. The first kappa shape index (κ1) is 30.4. The molecule has 228 valence electrons. The Balaban J connectivity index is 1.31. The maximum absolute atomic E-state index is 13.3. The maximum atomic E-state index is 13.3. The number of carbonyl (C=O) groups is 2. The number of nitrogens with zero attached hydrogens (tertiary/aromatic N) is 3. The molecule has 2 aliphatic heterocycles. The standard InChI is InChI=1S/C33H37F3N4O3/c1-22-19-24(25-9-13-30(37-20-25)39-16-2-3-17-39)8-12-28(22)29(14-15-33(34,35)36)38-27-10-6-23(7-11-27)31(41)40-18-4-5-26(21-40)32(42)43/h6-13,19-20,26,29,38H,2-5,14-18,21H2,1H3,(H,42,43)/t26-,29?/m1/s1. The topological polar surface area (TPSA) is 85.8 Å². The highest BCUT2D eigenvalue weighted by molar-refractivity contribution is 5.95. The Labute approximate surface area is 249 Å². The van der Waals surface area contributed by atoms with E-state index in [1.54, 1.807) is 29.2 Å². The molecule has 0 radical (unpaired) electrons. The third-order valence-corrected chi connectivity index (χ3v) is 8.40. The lowest BCUT2D eigenvalue weighted by molar-refractivity contribution is -0.143. The zero-order valence-corrected chi connectivity index (χ0v) is 24.2. The summed E-state index contributed by atoms with van der Waals surface area (Å²) in [6.07, 6.45) is -0.0335. The predicted octanol–water partition coefficient (Wildman–Crippen LogP) is 7.09. The Bertz CT molecular complexity index is 1420. The molecule has 1 unspecified atom stereocenters. The number of pyridine rings is 1. The van der Waals surface area contributed by atoms with E-state index in [1.807, 2.05) is 43.5 Å². The number of anilines is 2. The fraction of sp³-hybridized carbons (Fsp3) is 0.424. The molecule has 7 nitrogen and oxygen atoms in total. The number of halogens is 3. The highest BCUT2D eigenvalue weighted by atomic mass is 19.4. The lowest BCUT2D eigenvalue weighted by atomic mass is 9.93. The second-order valence-electron chi connectivity index (χ2n) is 11.5. The largest absolute Gasteiger partial charge is 0.481 e. The number of carboxylic acid groups (broad SMARTS) is 1. The van der Waals surface area contributed by atoms with E-state index in [2.05, 4.69) is 15.2 Å². The van der Waals surface area contributed by atoms with Crippen molar-refractivity contribution in [1.82, 2.24) is 9.88 Å². The third kappa shape index (κ3) is 7.66. The van der Waals surface area contributed by atoms with Gasteiger partial charge in [-0.15, -0.1) is 0 Å². The molecule has 2 N–H and O–H groups in total. The van der Waals surface area contributed by atoms with Crippen molar-refractivity contribution < 1.29 is 27.9 Å². The van der Waals surface area contributed by atoms with Crippen LogP contribution in [0.1, 0.15) is 66.1 Å². The van der Waals surface area contributed by atoms with E-state index in [4.69, 9.17) is 0 Å². The van der Waals surface area contributed by atoms with E-state index in [0.29, 0.717) is 30.6 Å². The van der Waals surface area contributed by atoms with Gasteiger partial charge >= 0.3 is 12.1 Å². The number of aromatic nitrogens is 1. The van der Waals surface area contributed by atoms with Crippen molar-refractivity contribution in [3.05, 3.63) is 77.5 Å². The minimum absolute atomic E-state index is 0.152. The van der Waals surface area contributed by atoms with Gasteiger partial charge in [0.1, 0.15) is 5.82 Å². The van der Waals surface area contributed by atoms with E-state index in [0.717, 1.165) is 41.2 Å². The van der Waals surface area contributed by atoms with Gasteiger partial charge in [0.15, 0.2) is 0 Å². The van der Waals surface area contributed by atoms with Gasteiger partial charge in [0, 0.05) is 55.6 Å². The van der Waals surface area contributed by atoms with Gasteiger partial charge in [-0.2, -0.15) is 13.2 Å². The molecule has 0 aliphatic carbocycles. The van der Waals surface area contributed by atoms with Crippen LogP contribution < -0.4 is 10.2 Å². The van der Waals surface area contributed by atoms with E-state index in [9.17, 15) is 27.9 Å². The Morgan fingerprint density at radius 2 is 1.72 bits per heavy atom. The van der Waals surface area contributed by atoms with E-state index >= 15 is 0 Å². The minimum Gasteiger partial charge on any atom is -0.481 e. The summed E-state index contributed by atoms with van der Waals surface area (Å²) >= 11 is 0. The van der Waals surface area contributed by atoms with Crippen molar-refractivity contribution in [3.63, 3.8) is 0 Å². The molecule has 2 atom stereocenters. The number of piperidine rings is 1. The van der Waals surface area contributed by atoms with Crippen LogP contribution in [0.25, 0.3) is 11.1 Å². The first-order chi connectivity index (χ1) is 20.6. The number of likely N-dealkylation sites (tertiary alicyclic amines) is 1. The number of carboxylic acids is 1. The molecule has 2 fully saturated rings. The van der Waals surface area contributed by atoms with Crippen molar-refractivity contribution in [2.75, 3.05) is 36.4 Å². The average Bonchev–Trinajstić information content (AvgIpc) is 3.54. The number of hydrogen-bond acceptors (Lipinski definition) is 5. The molecule has 1 aromatic heterocycles. The number of carbonyl (C=O) groups excluding carboxylic acids is 1. The summed E-state index contributed by atoms with van der Waals surface area (Å²) in [7, 11) is 0. The van der Waals surface area contributed by atoms with Gasteiger partial charge in [0.05, 0.1) is 12.0 Å². The van der Waals surface area contributed by atoms with Gasteiger partial charge in [-0.1, -0.05) is 18.2 Å². The fourth-order valence-corrected chi connectivity index (χ4v) is 6.01. The van der Waals surface area contributed by atoms with Gasteiger partial charge in [0.2, 0.25) is 0 Å².